The van der Waals surface area contributed by atoms with E-state index in [2.05, 4.69) is 0 Å². The molecule has 17 heavy (non-hydrogen) atoms. The van der Waals surface area contributed by atoms with Crippen molar-refractivity contribution in [2.75, 3.05) is 5.75 Å². The molecule has 1 rings (SSSR count). The van der Waals surface area contributed by atoms with Gasteiger partial charge in [0.15, 0.2) is 0 Å². The van der Waals surface area contributed by atoms with Crippen LogP contribution in [0.4, 0.5) is 0 Å². The standard InChI is InChI=1S/C11H12O4S.Ca.2H/c1-2-6-16-15-11(14)9-5-3-4-8(7-9)10(12)13;;;/h3-5,7H,2,6H2,1H3,(H,12,13);;;. The zero-order chi connectivity index (χ0) is 12.0. The van der Waals surface area contributed by atoms with Gasteiger partial charge in [0.1, 0.15) is 0 Å². The Morgan fingerprint density at radius 3 is 2.59 bits per heavy atom. The average Bonchev–Trinajstić information content (AvgIpc) is 2.29. The molecular weight excluding hydrogens is 268 g/mol. The van der Waals surface area contributed by atoms with Crippen LogP contribution in [0.1, 0.15) is 34.1 Å². The van der Waals surface area contributed by atoms with Crippen molar-refractivity contribution in [3.05, 3.63) is 35.4 Å². The molecule has 0 atom stereocenters. The summed E-state index contributed by atoms with van der Waals surface area (Å²) in [6, 6.07) is 5.78. The van der Waals surface area contributed by atoms with Gasteiger partial charge in [0.2, 0.25) is 0 Å². The third-order valence-electron chi connectivity index (χ3n) is 1.77. The molecule has 4 nitrogen and oxygen atoms in total. The number of benzene rings is 1. The third kappa shape index (κ3) is 5.77. The topological polar surface area (TPSA) is 63.6 Å². The number of carbonyl (C=O) groups is 2. The molecule has 1 aromatic rings. The second-order valence-electron chi connectivity index (χ2n) is 3.08. The van der Waals surface area contributed by atoms with Crippen molar-refractivity contribution in [2.45, 2.75) is 13.3 Å². The molecule has 0 radical (unpaired) electrons. The number of carboxylic acid groups (broad SMARTS) is 1. The van der Waals surface area contributed by atoms with Crippen LogP contribution in [0.5, 0.6) is 0 Å². The summed E-state index contributed by atoms with van der Waals surface area (Å²) in [4.78, 5) is 22.1. The summed E-state index contributed by atoms with van der Waals surface area (Å²) in [5.41, 5.74) is 0.332. The SMILES string of the molecule is CCCSOC(=O)c1cccc(C(=O)O)c1.[CaH2]. The first-order valence-electron chi connectivity index (χ1n) is 4.82. The number of carboxylic acids is 1. The van der Waals surface area contributed by atoms with Crippen LogP contribution >= 0.6 is 12.0 Å². The normalized spacial score (nSPS) is 9.24. The van der Waals surface area contributed by atoms with Crippen LogP contribution < -0.4 is 0 Å². The maximum atomic E-state index is 11.5. The van der Waals surface area contributed by atoms with E-state index in [9.17, 15) is 9.59 Å². The molecule has 0 unspecified atom stereocenters. The first-order chi connectivity index (χ1) is 7.65. The first kappa shape index (κ1) is 16.8. The van der Waals surface area contributed by atoms with E-state index in [1.807, 2.05) is 6.92 Å². The van der Waals surface area contributed by atoms with E-state index in [1.54, 1.807) is 0 Å². The van der Waals surface area contributed by atoms with E-state index in [0.717, 1.165) is 24.2 Å². The van der Waals surface area contributed by atoms with Crippen molar-refractivity contribution in [1.82, 2.24) is 0 Å². The quantitative estimate of drug-likeness (QED) is 0.506. The Balaban J connectivity index is 0.00000256. The Bertz CT molecular complexity index is 395. The van der Waals surface area contributed by atoms with E-state index in [-0.39, 0.29) is 48.9 Å². The van der Waals surface area contributed by atoms with Crippen LogP contribution in [-0.2, 0) is 4.18 Å². The van der Waals surface area contributed by atoms with Crippen LogP contribution in [0, 0.1) is 0 Å². The van der Waals surface area contributed by atoms with Gasteiger partial charge in [-0.15, -0.1) is 0 Å². The van der Waals surface area contributed by atoms with Gasteiger partial charge in [0.25, 0.3) is 0 Å². The Hall–Kier alpha value is -0.230. The van der Waals surface area contributed by atoms with Crippen LogP contribution in [0.25, 0.3) is 0 Å². The predicted molar refractivity (Wildman–Crippen MR) is 70.1 cm³/mol. The number of hydrogen-bond acceptors (Lipinski definition) is 4. The van der Waals surface area contributed by atoms with Crippen LogP contribution in [0.2, 0.25) is 0 Å². The monoisotopic (exact) mass is 282 g/mol. The fourth-order valence-electron chi connectivity index (χ4n) is 1.01. The summed E-state index contributed by atoms with van der Waals surface area (Å²) in [5.74, 6) is -0.845. The minimum absolute atomic E-state index is 0. The van der Waals surface area contributed by atoms with Crippen LogP contribution in [0.3, 0.4) is 0 Å². The second-order valence-corrected chi connectivity index (χ2v) is 3.89. The molecule has 0 heterocycles. The summed E-state index contributed by atoms with van der Waals surface area (Å²) >= 11 is 1.07. The molecule has 0 fully saturated rings. The summed E-state index contributed by atoms with van der Waals surface area (Å²) in [7, 11) is 0. The van der Waals surface area contributed by atoms with Crippen molar-refractivity contribution in [3.8, 4) is 0 Å². The predicted octanol–water partition coefficient (Wildman–Crippen LogP) is 1.68. The molecule has 0 saturated carbocycles. The summed E-state index contributed by atoms with van der Waals surface area (Å²) in [6.45, 7) is 1.98. The Morgan fingerprint density at radius 1 is 1.35 bits per heavy atom. The zero-order valence-electron chi connectivity index (χ0n) is 8.80. The van der Waals surface area contributed by atoms with Crippen molar-refractivity contribution in [1.29, 1.82) is 0 Å². The zero-order valence-corrected chi connectivity index (χ0v) is 9.62. The summed E-state index contributed by atoms with van der Waals surface area (Å²) in [5, 5.41) is 8.75. The fourth-order valence-corrected chi connectivity index (χ4v) is 1.46. The third-order valence-corrected chi connectivity index (χ3v) is 2.61. The molecule has 6 heteroatoms. The molecule has 0 aliphatic carbocycles. The molecule has 1 N–H and O–H groups in total. The van der Waals surface area contributed by atoms with Gasteiger partial charge in [-0.1, -0.05) is 13.0 Å². The van der Waals surface area contributed by atoms with E-state index in [0.29, 0.717) is 0 Å². The van der Waals surface area contributed by atoms with Crippen molar-refractivity contribution in [3.63, 3.8) is 0 Å². The van der Waals surface area contributed by atoms with Crippen molar-refractivity contribution >= 4 is 61.7 Å². The molecule has 90 valence electrons. The number of carbonyl (C=O) groups excluding carboxylic acids is 1. The van der Waals surface area contributed by atoms with Gasteiger partial charge in [-0.2, -0.15) is 0 Å². The van der Waals surface area contributed by atoms with Gasteiger partial charge in [-0.05, 0) is 24.6 Å². The van der Waals surface area contributed by atoms with Crippen molar-refractivity contribution < 1.29 is 18.9 Å². The summed E-state index contributed by atoms with van der Waals surface area (Å²) in [6.07, 6.45) is 0.910. The Kier molecular flexibility index (Phi) is 8.68. The summed E-state index contributed by atoms with van der Waals surface area (Å²) < 4.78 is 4.89. The van der Waals surface area contributed by atoms with E-state index in [4.69, 9.17) is 9.29 Å². The van der Waals surface area contributed by atoms with Crippen LogP contribution in [-0.4, -0.2) is 60.5 Å². The Morgan fingerprint density at radius 2 is 2.00 bits per heavy atom. The van der Waals surface area contributed by atoms with E-state index < -0.39 is 11.9 Å². The molecule has 0 aromatic heterocycles. The van der Waals surface area contributed by atoms with Crippen molar-refractivity contribution in [2.24, 2.45) is 0 Å². The van der Waals surface area contributed by atoms with E-state index in [1.165, 1.54) is 24.3 Å². The molecule has 1 aromatic carbocycles. The first-order valence-corrected chi connectivity index (χ1v) is 5.73. The average molecular weight is 282 g/mol. The molecule has 0 amide bonds. The number of aromatic carboxylic acids is 1. The second kappa shape index (κ2) is 8.80. The fraction of sp³-hybridized carbons (Fsp3) is 0.273. The minimum atomic E-state index is -1.06. The Labute approximate surface area is 134 Å². The van der Waals surface area contributed by atoms with Gasteiger partial charge >= 0.3 is 49.7 Å². The van der Waals surface area contributed by atoms with Gasteiger partial charge < -0.3 is 9.29 Å². The van der Waals surface area contributed by atoms with Crippen LogP contribution in [0.15, 0.2) is 24.3 Å². The molecule has 0 aliphatic rings. The molecule has 0 saturated heterocycles. The number of hydrogen-bond donors (Lipinski definition) is 1. The van der Waals surface area contributed by atoms with Gasteiger partial charge in [0.05, 0.1) is 23.2 Å². The van der Waals surface area contributed by atoms with Gasteiger partial charge in [0, 0.05) is 5.75 Å². The van der Waals surface area contributed by atoms with E-state index >= 15 is 0 Å². The van der Waals surface area contributed by atoms with Gasteiger partial charge in [-0.25, -0.2) is 9.59 Å². The molecule has 0 bridgehead atoms. The molecule has 0 spiro atoms. The van der Waals surface area contributed by atoms with Gasteiger partial charge in [-0.3, -0.25) is 0 Å². The molecule has 0 aliphatic heterocycles. The number of rotatable bonds is 5. The maximum absolute atomic E-state index is 11.5. The molecular formula is C11H14CaO4S.